The van der Waals surface area contributed by atoms with E-state index in [2.05, 4.69) is 10.6 Å². The average molecular weight is 315 g/mol. The Morgan fingerprint density at radius 3 is 2.74 bits per heavy atom. The van der Waals surface area contributed by atoms with E-state index in [1.807, 2.05) is 29.2 Å². The molecule has 23 heavy (non-hydrogen) atoms. The minimum absolute atomic E-state index is 0.0969. The minimum Gasteiger partial charge on any atom is -0.352 e. The van der Waals surface area contributed by atoms with Crippen molar-refractivity contribution < 1.29 is 9.59 Å². The highest BCUT2D eigenvalue weighted by Gasteiger charge is 2.19. The first-order valence-corrected chi connectivity index (χ1v) is 8.62. The van der Waals surface area contributed by atoms with Crippen molar-refractivity contribution in [2.75, 3.05) is 18.0 Å². The number of hydrogen-bond donors (Lipinski definition) is 2. The molecule has 2 saturated heterocycles. The molecule has 2 amide bonds. The summed E-state index contributed by atoms with van der Waals surface area (Å²) in [6, 6.07) is 8.27. The van der Waals surface area contributed by atoms with Gasteiger partial charge < -0.3 is 15.5 Å². The first kappa shape index (κ1) is 16.0. The van der Waals surface area contributed by atoms with E-state index in [9.17, 15) is 9.59 Å². The third-order valence-electron chi connectivity index (χ3n) is 4.66. The van der Waals surface area contributed by atoms with Crippen molar-refractivity contribution in [3.63, 3.8) is 0 Å². The van der Waals surface area contributed by atoms with Crippen molar-refractivity contribution in [2.45, 2.75) is 51.1 Å². The van der Waals surface area contributed by atoms with Crippen molar-refractivity contribution in [1.82, 2.24) is 10.6 Å². The van der Waals surface area contributed by atoms with Gasteiger partial charge >= 0.3 is 0 Å². The lowest BCUT2D eigenvalue weighted by molar-refractivity contribution is -0.121. The van der Waals surface area contributed by atoms with Crippen LogP contribution >= 0.6 is 0 Å². The summed E-state index contributed by atoms with van der Waals surface area (Å²) in [4.78, 5) is 25.7. The SMILES string of the molecule is O=C(CC1CCCN1)NCc1ccc(N2CCCCC2=O)cc1. The lowest BCUT2D eigenvalue weighted by atomic mass is 10.1. The van der Waals surface area contributed by atoms with E-state index in [1.165, 1.54) is 0 Å². The van der Waals surface area contributed by atoms with Gasteiger partial charge in [0.25, 0.3) is 0 Å². The molecule has 2 heterocycles. The fraction of sp³-hybridized carbons (Fsp3) is 0.556. The van der Waals surface area contributed by atoms with Gasteiger partial charge in [-0.15, -0.1) is 0 Å². The number of nitrogens with zero attached hydrogens (tertiary/aromatic N) is 1. The number of benzene rings is 1. The van der Waals surface area contributed by atoms with Crippen LogP contribution < -0.4 is 15.5 Å². The van der Waals surface area contributed by atoms with Gasteiger partial charge in [-0.2, -0.15) is 0 Å². The predicted molar refractivity (Wildman–Crippen MR) is 90.1 cm³/mol. The standard InChI is InChI=1S/C18H25N3O2/c22-17(12-15-4-3-10-19-15)20-13-14-6-8-16(9-7-14)21-11-2-1-5-18(21)23/h6-9,15,19H,1-5,10-13H2,(H,20,22). The second-order valence-electron chi connectivity index (χ2n) is 6.44. The van der Waals surface area contributed by atoms with Crippen LogP contribution in [0, 0.1) is 0 Å². The Hall–Kier alpha value is -1.88. The highest BCUT2D eigenvalue weighted by Crippen LogP contribution is 2.21. The normalized spacial score (nSPS) is 21.5. The van der Waals surface area contributed by atoms with E-state index < -0.39 is 0 Å². The van der Waals surface area contributed by atoms with E-state index >= 15 is 0 Å². The smallest absolute Gasteiger partial charge is 0.226 e. The van der Waals surface area contributed by atoms with Crippen LogP contribution in [0.5, 0.6) is 0 Å². The monoisotopic (exact) mass is 315 g/mol. The average Bonchev–Trinajstić information content (AvgIpc) is 3.07. The van der Waals surface area contributed by atoms with Crippen molar-refractivity contribution in [1.29, 1.82) is 0 Å². The van der Waals surface area contributed by atoms with E-state index in [-0.39, 0.29) is 11.8 Å². The van der Waals surface area contributed by atoms with Crippen LogP contribution in [0.15, 0.2) is 24.3 Å². The Labute approximate surface area is 137 Å². The fourth-order valence-electron chi connectivity index (χ4n) is 3.30. The van der Waals surface area contributed by atoms with Gasteiger partial charge in [0.05, 0.1) is 0 Å². The molecular weight excluding hydrogens is 290 g/mol. The fourth-order valence-corrected chi connectivity index (χ4v) is 3.30. The van der Waals surface area contributed by atoms with Crippen LogP contribution in [-0.2, 0) is 16.1 Å². The summed E-state index contributed by atoms with van der Waals surface area (Å²) in [6.45, 7) is 2.37. The van der Waals surface area contributed by atoms with Crippen LogP contribution in [-0.4, -0.2) is 30.9 Å². The van der Waals surface area contributed by atoms with Gasteiger partial charge in [-0.25, -0.2) is 0 Å². The molecule has 5 heteroatoms. The molecule has 5 nitrogen and oxygen atoms in total. The van der Waals surface area contributed by atoms with Gasteiger partial charge in [-0.3, -0.25) is 9.59 Å². The molecule has 0 spiro atoms. The molecule has 124 valence electrons. The third kappa shape index (κ3) is 4.32. The van der Waals surface area contributed by atoms with Gasteiger partial charge in [-0.1, -0.05) is 12.1 Å². The Bertz CT molecular complexity index is 550. The van der Waals surface area contributed by atoms with Gasteiger partial charge in [0.2, 0.25) is 11.8 Å². The highest BCUT2D eigenvalue weighted by molar-refractivity contribution is 5.93. The van der Waals surface area contributed by atoms with Crippen molar-refractivity contribution in [2.24, 2.45) is 0 Å². The van der Waals surface area contributed by atoms with Gasteiger partial charge in [-0.05, 0) is 49.9 Å². The summed E-state index contributed by atoms with van der Waals surface area (Å²) in [5.74, 6) is 0.307. The van der Waals surface area contributed by atoms with Crippen molar-refractivity contribution >= 4 is 17.5 Å². The molecule has 1 aromatic rings. The molecule has 0 radical (unpaired) electrons. The number of carbonyl (C=O) groups is 2. The number of amides is 2. The molecule has 0 saturated carbocycles. The molecule has 1 unspecified atom stereocenters. The number of piperidine rings is 1. The Balaban J connectivity index is 1.49. The lowest BCUT2D eigenvalue weighted by Crippen LogP contribution is -2.35. The number of nitrogens with one attached hydrogen (secondary N) is 2. The lowest BCUT2D eigenvalue weighted by Gasteiger charge is -2.26. The second kappa shape index (κ2) is 7.59. The van der Waals surface area contributed by atoms with Crippen LogP contribution in [0.1, 0.15) is 44.1 Å². The van der Waals surface area contributed by atoms with E-state index in [4.69, 9.17) is 0 Å². The summed E-state index contributed by atoms with van der Waals surface area (Å²) in [6.07, 6.45) is 5.52. The molecule has 1 atom stereocenters. The largest absolute Gasteiger partial charge is 0.352 e. The van der Waals surface area contributed by atoms with E-state index in [1.54, 1.807) is 0 Å². The maximum Gasteiger partial charge on any atom is 0.226 e. The molecule has 1 aromatic carbocycles. The van der Waals surface area contributed by atoms with E-state index in [0.717, 1.165) is 50.0 Å². The van der Waals surface area contributed by atoms with Crippen molar-refractivity contribution in [3.8, 4) is 0 Å². The van der Waals surface area contributed by atoms with Crippen LogP contribution in [0.3, 0.4) is 0 Å². The maximum atomic E-state index is 11.9. The number of carbonyl (C=O) groups excluding carboxylic acids is 2. The zero-order chi connectivity index (χ0) is 16.1. The molecule has 0 aliphatic carbocycles. The number of anilines is 1. The molecule has 0 bridgehead atoms. The first-order valence-electron chi connectivity index (χ1n) is 8.62. The quantitative estimate of drug-likeness (QED) is 0.873. The Morgan fingerprint density at radius 1 is 1.22 bits per heavy atom. The zero-order valence-corrected chi connectivity index (χ0v) is 13.5. The molecule has 3 rings (SSSR count). The molecule has 2 fully saturated rings. The van der Waals surface area contributed by atoms with Crippen LogP contribution in [0.25, 0.3) is 0 Å². The Kier molecular flexibility index (Phi) is 5.28. The topological polar surface area (TPSA) is 61.4 Å². The molecule has 0 aromatic heterocycles. The number of rotatable bonds is 5. The first-order chi connectivity index (χ1) is 11.2. The summed E-state index contributed by atoms with van der Waals surface area (Å²) < 4.78 is 0. The summed E-state index contributed by atoms with van der Waals surface area (Å²) in [5, 5.41) is 6.31. The minimum atomic E-state index is 0.0969. The highest BCUT2D eigenvalue weighted by atomic mass is 16.2. The molecule has 2 aliphatic rings. The summed E-state index contributed by atoms with van der Waals surface area (Å²) in [5.41, 5.74) is 2.02. The van der Waals surface area contributed by atoms with Crippen LogP contribution in [0.2, 0.25) is 0 Å². The van der Waals surface area contributed by atoms with Crippen LogP contribution in [0.4, 0.5) is 5.69 Å². The van der Waals surface area contributed by atoms with Gasteiger partial charge in [0.1, 0.15) is 0 Å². The summed E-state index contributed by atoms with van der Waals surface area (Å²) in [7, 11) is 0. The third-order valence-corrected chi connectivity index (χ3v) is 4.66. The summed E-state index contributed by atoms with van der Waals surface area (Å²) >= 11 is 0. The molecule has 2 aliphatic heterocycles. The second-order valence-corrected chi connectivity index (χ2v) is 6.44. The predicted octanol–water partition coefficient (Wildman–Crippen LogP) is 1.96. The molecular formula is C18H25N3O2. The van der Waals surface area contributed by atoms with E-state index in [0.29, 0.717) is 25.4 Å². The van der Waals surface area contributed by atoms with Gasteiger partial charge in [0, 0.05) is 37.7 Å². The zero-order valence-electron chi connectivity index (χ0n) is 13.5. The number of hydrogen-bond acceptors (Lipinski definition) is 3. The Morgan fingerprint density at radius 2 is 2.04 bits per heavy atom. The molecule has 2 N–H and O–H groups in total. The van der Waals surface area contributed by atoms with Crippen molar-refractivity contribution in [3.05, 3.63) is 29.8 Å². The maximum absolute atomic E-state index is 11.9. The van der Waals surface area contributed by atoms with Gasteiger partial charge in [0.15, 0.2) is 0 Å².